The van der Waals surface area contributed by atoms with Gasteiger partial charge in [0.2, 0.25) is 0 Å². The maximum atomic E-state index is 13.4. The molecule has 4 rings (SSSR count). The first-order chi connectivity index (χ1) is 16.9. The minimum atomic E-state index is -0.233. The highest BCUT2D eigenvalue weighted by molar-refractivity contribution is 9.10. The summed E-state index contributed by atoms with van der Waals surface area (Å²) in [6.45, 7) is 2.42. The fraction of sp³-hybridized carbons (Fsp3) is 0.192. The van der Waals surface area contributed by atoms with Crippen LogP contribution in [-0.2, 0) is 13.0 Å². The summed E-state index contributed by atoms with van der Waals surface area (Å²) in [5.74, 6) is 1.17. The molecule has 0 aliphatic rings. The second-order valence-corrected chi connectivity index (χ2v) is 10.5. The number of rotatable bonds is 8. The number of unbranched alkanes of at least 4 members (excludes halogenated alkanes) is 1. The van der Waals surface area contributed by atoms with Gasteiger partial charge >= 0.3 is 0 Å². The van der Waals surface area contributed by atoms with Crippen LogP contribution in [0, 0.1) is 0 Å². The van der Waals surface area contributed by atoms with E-state index in [1.54, 1.807) is 24.4 Å². The zero-order valence-corrected chi connectivity index (χ0v) is 23.5. The van der Waals surface area contributed by atoms with Gasteiger partial charge in [0.05, 0.1) is 21.6 Å². The van der Waals surface area contributed by atoms with Crippen LogP contribution in [0.15, 0.2) is 73.4 Å². The lowest BCUT2D eigenvalue weighted by Crippen LogP contribution is -2.22. The van der Waals surface area contributed by atoms with Gasteiger partial charge in [0.1, 0.15) is 18.2 Å². The Hall–Kier alpha value is -2.19. The average molecular weight is 638 g/mol. The summed E-state index contributed by atoms with van der Waals surface area (Å²) < 4.78 is 8.95. The Morgan fingerprint density at radius 3 is 2.57 bits per heavy atom. The molecule has 0 aliphatic carbocycles. The van der Waals surface area contributed by atoms with Crippen molar-refractivity contribution in [2.45, 2.75) is 32.8 Å². The summed E-state index contributed by atoms with van der Waals surface area (Å²) in [6.07, 6.45) is 4.08. The number of aryl methyl sites for hydroxylation is 1. The summed E-state index contributed by atoms with van der Waals surface area (Å²) in [5.41, 5.74) is 2.00. The molecule has 0 spiro atoms. The number of fused-ring (bicyclic) bond motifs is 1. The van der Waals surface area contributed by atoms with E-state index >= 15 is 0 Å². The number of nitrogens with zero attached hydrogens (tertiary/aromatic N) is 3. The summed E-state index contributed by atoms with van der Waals surface area (Å²) in [7, 11) is 0. The van der Waals surface area contributed by atoms with Crippen LogP contribution < -0.4 is 10.3 Å². The molecule has 0 saturated carbocycles. The first-order valence-corrected chi connectivity index (χ1v) is 13.3. The van der Waals surface area contributed by atoms with Gasteiger partial charge < -0.3 is 4.74 Å². The number of benzene rings is 3. The van der Waals surface area contributed by atoms with E-state index in [9.17, 15) is 4.79 Å². The first-order valence-electron chi connectivity index (χ1n) is 11.0. The van der Waals surface area contributed by atoms with Gasteiger partial charge in [-0.25, -0.2) is 4.98 Å². The van der Waals surface area contributed by atoms with Crippen LogP contribution in [-0.4, -0.2) is 15.9 Å². The van der Waals surface area contributed by atoms with Crippen molar-refractivity contribution in [2.24, 2.45) is 5.10 Å². The number of hydrogen-bond donors (Lipinski definition) is 0. The fourth-order valence-corrected chi connectivity index (χ4v) is 4.93. The lowest BCUT2D eigenvalue weighted by molar-refractivity contribution is 0.304. The van der Waals surface area contributed by atoms with Crippen molar-refractivity contribution in [2.75, 3.05) is 0 Å². The number of hydrogen-bond acceptors (Lipinski definition) is 4. The monoisotopic (exact) mass is 635 g/mol. The van der Waals surface area contributed by atoms with E-state index in [1.165, 1.54) is 4.68 Å². The second kappa shape index (κ2) is 11.7. The smallest absolute Gasteiger partial charge is 0.282 e. The van der Waals surface area contributed by atoms with Crippen molar-refractivity contribution >= 4 is 72.2 Å². The number of halogens is 4. The summed E-state index contributed by atoms with van der Waals surface area (Å²) >= 11 is 19.3. The minimum Gasteiger partial charge on any atom is -0.487 e. The molecule has 0 atom stereocenters. The highest BCUT2D eigenvalue weighted by Crippen LogP contribution is 2.32. The Balaban J connectivity index is 1.74. The normalized spacial score (nSPS) is 11.5. The molecule has 180 valence electrons. The fourth-order valence-electron chi connectivity index (χ4n) is 3.50. The van der Waals surface area contributed by atoms with Crippen molar-refractivity contribution in [3.8, 4) is 5.75 Å². The molecule has 3 aromatic carbocycles. The Morgan fingerprint density at radius 2 is 1.83 bits per heavy atom. The minimum absolute atomic E-state index is 0.233. The molecule has 0 aliphatic heterocycles. The van der Waals surface area contributed by atoms with Crippen molar-refractivity contribution in [3.05, 3.63) is 101 Å². The SMILES string of the molecule is CCCCc1nc2ccc(Br)cc2c(=O)n1N=Cc1cc(Cl)cc(Br)c1OCc1ccc(Cl)cc1. The quantitative estimate of drug-likeness (QED) is 0.184. The van der Waals surface area contributed by atoms with E-state index in [4.69, 9.17) is 32.9 Å². The molecule has 4 aromatic rings. The molecule has 35 heavy (non-hydrogen) atoms. The third-order valence-electron chi connectivity index (χ3n) is 5.28. The lowest BCUT2D eigenvalue weighted by atomic mass is 10.2. The zero-order chi connectivity index (χ0) is 24.9. The van der Waals surface area contributed by atoms with E-state index in [2.05, 4.69) is 43.9 Å². The third-order valence-corrected chi connectivity index (χ3v) is 6.83. The van der Waals surface area contributed by atoms with Crippen LogP contribution in [0.5, 0.6) is 5.75 Å². The Bertz CT molecular complexity index is 1450. The van der Waals surface area contributed by atoms with Gasteiger partial charge in [-0.1, -0.05) is 64.6 Å². The molecule has 0 fully saturated rings. The second-order valence-electron chi connectivity index (χ2n) is 7.88. The maximum absolute atomic E-state index is 13.4. The molecule has 0 amide bonds. The topological polar surface area (TPSA) is 56.5 Å². The van der Waals surface area contributed by atoms with Crippen LogP contribution >= 0.6 is 55.1 Å². The van der Waals surface area contributed by atoms with Crippen LogP contribution in [0.25, 0.3) is 10.9 Å². The molecule has 0 bridgehead atoms. The molecule has 9 heteroatoms. The maximum Gasteiger partial charge on any atom is 0.282 e. The van der Waals surface area contributed by atoms with Gasteiger partial charge in [-0.3, -0.25) is 4.79 Å². The number of aromatic nitrogens is 2. The molecule has 0 N–H and O–H groups in total. The highest BCUT2D eigenvalue weighted by Gasteiger charge is 2.13. The van der Waals surface area contributed by atoms with Crippen LogP contribution in [0.1, 0.15) is 36.7 Å². The standard InChI is InChI=1S/C26H21Br2Cl2N3O2/c1-2-3-4-24-32-23-10-7-18(27)12-21(23)26(34)33(24)31-14-17-11-20(30)13-22(28)25(17)35-15-16-5-8-19(29)9-6-16/h5-14H,2-4,15H2,1H3. The van der Waals surface area contributed by atoms with Gasteiger partial charge in [-0.2, -0.15) is 9.78 Å². The van der Waals surface area contributed by atoms with Gasteiger partial charge in [0, 0.05) is 26.5 Å². The zero-order valence-electron chi connectivity index (χ0n) is 18.8. The molecular weight excluding hydrogens is 617 g/mol. The molecular formula is C26H21Br2Cl2N3O2. The van der Waals surface area contributed by atoms with Gasteiger partial charge in [0.25, 0.3) is 5.56 Å². The van der Waals surface area contributed by atoms with Crippen molar-refractivity contribution < 1.29 is 4.74 Å². The van der Waals surface area contributed by atoms with Crippen molar-refractivity contribution in [1.82, 2.24) is 9.66 Å². The summed E-state index contributed by atoms with van der Waals surface area (Å²) in [6, 6.07) is 16.4. The first kappa shape index (κ1) is 25.9. The third kappa shape index (κ3) is 6.33. The molecule has 1 aromatic heterocycles. The predicted octanol–water partition coefficient (Wildman–Crippen LogP) is 8.03. The van der Waals surface area contributed by atoms with E-state index in [-0.39, 0.29) is 5.56 Å². The van der Waals surface area contributed by atoms with Gasteiger partial charge in [-0.05, 0) is 70.4 Å². The summed E-state index contributed by atoms with van der Waals surface area (Å²) in [5, 5.41) is 6.20. The van der Waals surface area contributed by atoms with E-state index in [0.29, 0.717) is 55.6 Å². The molecule has 0 unspecified atom stereocenters. The van der Waals surface area contributed by atoms with E-state index in [1.807, 2.05) is 36.4 Å². The van der Waals surface area contributed by atoms with Crippen LogP contribution in [0.2, 0.25) is 10.0 Å². The van der Waals surface area contributed by atoms with Crippen LogP contribution in [0.4, 0.5) is 0 Å². The largest absolute Gasteiger partial charge is 0.487 e. The average Bonchev–Trinajstić information content (AvgIpc) is 2.83. The van der Waals surface area contributed by atoms with Crippen molar-refractivity contribution in [3.63, 3.8) is 0 Å². The highest BCUT2D eigenvalue weighted by atomic mass is 79.9. The van der Waals surface area contributed by atoms with Crippen LogP contribution in [0.3, 0.4) is 0 Å². The Kier molecular flexibility index (Phi) is 8.65. The molecule has 1 heterocycles. The van der Waals surface area contributed by atoms with E-state index in [0.717, 1.165) is 22.9 Å². The predicted molar refractivity (Wildman–Crippen MR) is 150 cm³/mol. The van der Waals surface area contributed by atoms with Gasteiger partial charge in [0.15, 0.2) is 0 Å². The Morgan fingerprint density at radius 1 is 1.06 bits per heavy atom. The Labute approximate surface area is 230 Å². The number of ether oxygens (including phenoxy) is 1. The van der Waals surface area contributed by atoms with E-state index < -0.39 is 0 Å². The molecule has 0 radical (unpaired) electrons. The lowest BCUT2D eigenvalue weighted by Gasteiger charge is -2.13. The molecule has 0 saturated heterocycles. The van der Waals surface area contributed by atoms with Crippen molar-refractivity contribution in [1.29, 1.82) is 0 Å². The van der Waals surface area contributed by atoms with Gasteiger partial charge in [-0.15, -0.1) is 0 Å². The summed E-state index contributed by atoms with van der Waals surface area (Å²) in [4.78, 5) is 18.1. The molecule has 5 nitrogen and oxygen atoms in total.